The van der Waals surface area contributed by atoms with Crippen molar-refractivity contribution in [2.24, 2.45) is 0 Å². The Labute approximate surface area is 226 Å². The van der Waals surface area contributed by atoms with Gasteiger partial charge < -0.3 is 9.72 Å². The van der Waals surface area contributed by atoms with Gasteiger partial charge in [0.2, 0.25) is 0 Å². The van der Waals surface area contributed by atoms with Crippen molar-refractivity contribution in [2.75, 3.05) is 33.3 Å². The van der Waals surface area contributed by atoms with Crippen molar-refractivity contribution in [3.05, 3.63) is 81.7 Å². The summed E-state index contributed by atoms with van der Waals surface area (Å²) in [6.07, 6.45) is 6.50. The quantitative estimate of drug-likeness (QED) is 0.388. The molecule has 0 radical (unpaired) electrons. The zero-order valence-corrected chi connectivity index (χ0v) is 22.2. The Morgan fingerprint density at radius 2 is 1.79 bits per heavy atom. The first kappa shape index (κ1) is 25.6. The van der Waals surface area contributed by atoms with Crippen LogP contribution in [0.1, 0.15) is 55.1 Å². The number of rotatable bonds is 7. The zero-order chi connectivity index (χ0) is 26.8. The molecule has 1 saturated carbocycles. The van der Waals surface area contributed by atoms with Gasteiger partial charge in [-0.3, -0.25) is 14.6 Å². The van der Waals surface area contributed by atoms with Crippen LogP contribution in [0.25, 0.3) is 10.9 Å². The summed E-state index contributed by atoms with van der Waals surface area (Å²) < 4.78 is 20.6. The first-order chi connectivity index (χ1) is 19.1. The van der Waals surface area contributed by atoms with Crippen LogP contribution in [-0.4, -0.2) is 74.3 Å². The van der Waals surface area contributed by atoms with E-state index in [-0.39, 0.29) is 11.4 Å². The summed E-state index contributed by atoms with van der Waals surface area (Å²) in [6.45, 7) is 3.89. The standard InChI is InChI=1S/C29H34FN7O2/c1-39-24-12-9-21-17-25(29(38)31-26(21)18-24)27(36-15-13-35(14-16-36)23-5-3-2-4-6-23)28-32-33-34-37(28)19-20-7-10-22(30)11-8-20/h7-12,17-18,23,27H,2-6,13-16,19H2,1H3,(H,31,38). The number of H-pyrrole nitrogens is 1. The molecule has 2 fully saturated rings. The lowest BCUT2D eigenvalue weighted by Crippen LogP contribution is -2.52. The molecule has 204 valence electrons. The molecule has 2 aromatic carbocycles. The largest absolute Gasteiger partial charge is 0.497 e. The molecule has 0 spiro atoms. The van der Waals surface area contributed by atoms with E-state index in [4.69, 9.17) is 4.74 Å². The van der Waals surface area contributed by atoms with E-state index in [2.05, 4.69) is 30.3 Å². The lowest BCUT2D eigenvalue weighted by Gasteiger charge is -2.42. The molecule has 0 amide bonds. The topological polar surface area (TPSA) is 92.2 Å². The fourth-order valence-corrected chi connectivity index (χ4v) is 6.12. The third kappa shape index (κ3) is 5.44. The molecule has 1 unspecified atom stereocenters. The van der Waals surface area contributed by atoms with Crippen LogP contribution in [0, 0.1) is 5.82 Å². The maximum atomic E-state index is 13.6. The number of ether oxygens (including phenoxy) is 1. The van der Waals surface area contributed by atoms with E-state index in [0.717, 1.165) is 42.6 Å². The molecule has 2 aliphatic rings. The van der Waals surface area contributed by atoms with Gasteiger partial charge in [0.05, 0.1) is 19.2 Å². The number of fused-ring (bicyclic) bond motifs is 1. The average Bonchev–Trinajstić information content (AvgIpc) is 3.42. The number of aromatic nitrogens is 5. The van der Waals surface area contributed by atoms with Crippen molar-refractivity contribution in [3.63, 3.8) is 0 Å². The number of nitrogens with zero attached hydrogens (tertiary/aromatic N) is 6. The van der Waals surface area contributed by atoms with Crippen LogP contribution in [0.3, 0.4) is 0 Å². The molecule has 1 atom stereocenters. The van der Waals surface area contributed by atoms with Gasteiger partial charge in [-0.1, -0.05) is 31.4 Å². The predicted molar refractivity (Wildman–Crippen MR) is 146 cm³/mol. The van der Waals surface area contributed by atoms with E-state index in [1.165, 1.54) is 44.2 Å². The first-order valence-corrected chi connectivity index (χ1v) is 13.8. The fraction of sp³-hybridized carbons (Fsp3) is 0.448. The minimum atomic E-state index is -0.427. The monoisotopic (exact) mass is 531 g/mol. The van der Waals surface area contributed by atoms with E-state index in [9.17, 15) is 9.18 Å². The van der Waals surface area contributed by atoms with Crippen LogP contribution in [0.2, 0.25) is 0 Å². The van der Waals surface area contributed by atoms with Gasteiger partial charge in [0.1, 0.15) is 17.6 Å². The number of tetrazole rings is 1. The maximum Gasteiger partial charge on any atom is 0.253 e. The highest BCUT2D eigenvalue weighted by atomic mass is 19.1. The van der Waals surface area contributed by atoms with Crippen molar-refractivity contribution < 1.29 is 9.13 Å². The van der Waals surface area contributed by atoms with E-state index in [1.54, 1.807) is 23.9 Å². The normalized spacial score (nSPS) is 18.4. The van der Waals surface area contributed by atoms with Crippen LogP contribution in [0.4, 0.5) is 4.39 Å². The summed E-state index contributed by atoms with van der Waals surface area (Å²) in [5.41, 5.74) is 2.03. The number of hydrogen-bond acceptors (Lipinski definition) is 7. The second-order valence-electron chi connectivity index (χ2n) is 10.6. The van der Waals surface area contributed by atoms with Crippen LogP contribution in [0.15, 0.2) is 53.3 Å². The molecule has 1 aliphatic carbocycles. The van der Waals surface area contributed by atoms with Gasteiger partial charge in [0.25, 0.3) is 5.56 Å². The summed E-state index contributed by atoms with van der Waals surface area (Å²) in [5, 5.41) is 13.6. The molecule has 3 heterocycles. The van der Waals surface area contributed by atoms with Crippen LogP contribution in [-0.2, 0) is 6.54 Å². The van der Waals surface area contributed by atoms with Gasteiger partial charge in [-0.05, 0) is 64.5 Å². The molecule has 4 aromatic rings. The molecule has 2 aromatic heterocycles. The minimum absolute atomic E-state index is 0.174. The molecule has 1 N–H and O–H groups in total. The fourth-order valence-electron chi connectivity index (χ4n) is 6.12. The maximum absolute atomic E-state index is 13.6. The van der Waals surface area contributed by atoms with E-state index < -0.39 is 6.04 Å². The van der Waals surface area contributed by atoms with Crippen LogP contribution >= 0.6 is 0 Å². The highest BCUT2D eigenvalue weighted by Gasteiger charge is 2.34. The smallest absolute Gasteiger partial charge is 0.253 e. The number of pyridine rings is 1. The Morgan fingerprint density at radius 1 is 1.03 bits per heavy atom. The van der Waals surface area contributed by atoms with Gasteiger partial charge >= 0.3 is 0 Å². The molecule has 0 bridgehead atoms. The third-order valence-corrected chi connectivity index (χ3v) is 8.23. The predicted octanol–water partition coefficient (Wildman–Crippen LogP) is 3.75. The Morgan fingerprint density at radius 3 is 2.54 bits per heavy atom. The van der Waals surface area contributed by atoms with Crippen molar-refractivity contribution in [1.82, 2.24) is 35.0 Å². The summed E-state index contributed by atoms with van der Waals surface area (Å²) >= 11 is 0. The van der Waals surface area contributed by atoms with Crippen molar-refractivity contribution in [2.45, 2.75) is 50.7 Å². The zero-order valence-electron chi connectivity index (χ0n) is 22.2. The second kappa shape index (κ2) is 11.2. The highest BCUT2D eigenvalue weighted by molar-refractivity contribution is 5.80. The Kier molecular flexibility index (Phi) is 7.38. The number of methoxy groups -OCH3 is 1. The number of nitrogens with one attached hydrogen (secondary N) is 1. The number of halogens is 1. The number of piperazine rings is 1. The van der Waals surface area contributed by atoms with Crippen LogP contribution < -0.4 is 10.3 Å². The lowest BCUT2D eigenvalue weighted by atomic mass is 9.93. The van der Waals surface area contributed by atoms with Crippen LogP contribution in [0.5, 0.6) is 5.75 Å². The third-order valence-electron chi connectivity index (χ3n) is 8.23. The van der Waals surface area contributed by atoms with Crippen molar-refractivity contribution >= 4 is 10.9 Å². The summed E-state index contributed by atoms with van der Waals surface area (Å²) in [7, 11) is 1.61. The van der Waals surface area contributed by atoms with Gasteiger partial charge in [-0.2, -0.15) is 0 Å². The first-order valence-electron chi connectivity index (χ1n) is 13.8. The molecule has 6 rings (SSSR count). The highest BCUT2D eigenvalue weighted by Crippen LogP contribution is 2.30. The molecule has 9 nitrogen and oxygen atoms in total. The Bertz CT molecular complexity index is 1470. The molecule has 39 heavy (non-hydrogen) atoms. The number of benzene rings is 2. The Hall–Kier alpha value is -3.63. The lowest BCUT2D eigenvalue weighted by molar-refractivity contribution is 0.0618. The van der Waals surface area contributed by atoms with Gasteiger partial charge in [-0.25, -0.2) is 9.07 Å². The summed E-state index contributed by atoms with van der Waals surface area (Å²) in [4.78, 5) is 21.6. The average molecular weight is 532 g/mol. The minimum Gasteiger partial charge on any atom is -0.497 e. The second-order valence-corrected chi connectivity index (χ2v) is 10.6. The van der Waals surface area contributed by atoms with Gasteiger partial charge in [-0.15, -0.1) is 5.10 Å². The molecule has 10 heteroatoms. The van der Waals surface area contributed by atoms with E-state index in [0.29, 0.717) is 29.7 Å². The summed E-state index contributed by atoms with van der Waals surface area (Å²) in [6, 6.07) is 14.2. The molecule has 1 saturated heterocycles. The SMILES string of the molecule is COc1ccc2cc(C(c3nnnn3Cc3ccc(F)cc3)N3CCN(C4CCCCC4)CC3)c(=O)[nH]c2c1. The van der Waals surface area contributed by atoms with Gasteiger partial charge in [0, 0.05) is 43.9 Å². The molecular formula is C29H34FN7O2. The summed E-state index contributed by atoms with van der Waals surface area (Å²) in [5.74, 6) is 0.997. The van der Waals surface area contributed by atoms with E-state index in [1.807, 2.05) is 24.3 Å². The van der Waals surface area contributed by atoms with Crippen molar-refractivity contribution in [3.8, 4) is 5.75 Å². The number of hydrogen-bond donors (Lipinski definition) is 1. The van der Waals surface area contributed by atoms with Gasteiger partial charge in [0.15, 0.2) is 5.82 Å². The Balaban J connectivity index is 1.36. The molecular weight excluding hydrogens is 497 g/mol. The number of aromatic amines is 1. The van der Waals surface area contributed by atoms with E-state index >= 15 is 0 Å². The molecule has 1 aliphatic heterocycles. The van der Waals surface area contributed by atoms with Crippen molar-refractivity contribution in [1.29, 1.82) is 0 Å².